The van der Waals surface area contributed by atoms with Crippen molar-refractivity contribution >= 4 is 17.7 Å². The third-order valence-corrected chi connectivity index (χ3v) is 2.70. The van der Waals surface area contributed by atoms with Gasteiger partial charge in [-0.1, -0.05) is 13.8 Å². The fourth-order valence-corrected chi connectivity index (χ4v) is 1.66. The fourth-order valence-electron chi connectivity index (χ4n) is 0.781. The maximum Gasteiger partial charge on any atom is 0.334 e. The molecule has 0 saturated heterocycles. The molecule has 0 fully saturated rings. The van der Waals surface area contributed by atoms with Crippen LogP contribution in [0.4, 0.5) is 0 Å². The molecule has 0 aliphatic heterocycles. The van der Waals surface area contributed by atoms with E-state index in [-0.39, 0.29) is 0 Å². The molecule has 4 nitrogen and oxygen atoms in total. The number of rotatable bonds is 6. The lowest BCUT2D eigenvalue weighted by Gasteiger charge is -2.14. The molecule has 0 rings (SSSR count). The van der Waals surface area contributed by atoms with E-state index in [2.05, 4.69) is 13.8 Å². The minimum atomic E-state index is -1.44. The highest BCUT2D eigenvalue weighted by Crippen LogP contribution is 2.12. The summed E-state index contributed by atoms with van der Waals surface area (Å²) in [4.78, 5) is 10.3. The van der Waals surface area contributed by atoms with Crippen LogP contribution in [0.25, 0.3) is 0 Å². The molecule has 0 bridgehead atoms. The predicted molar refractivity (Wildman–Crippen MR) is 53.8 cm³/mol. The van der Waals surface area contributed by atoms with E-state index in [1.54, 1.807) is 11.8 Å². The molecule has 0 saturated carbocycles. The summed E-state index contributed by atoms with van der Waals surface area (Å²) in [6.07, 6.45) is -0.913. The molecule has 5 heteroatoms. The van der Waals surface area contributed by atoms with Gasteiger partial charge in [-0.3, -0.25) is 0 Å². The van der Waals surface area contributed by atoms with Gasteiger partial charge >= 0.3 is 5.97 Å². The Morgan fingerprint density at radius 2 is 2.08 bits per heavy atom. The standard InChI is InChI=1S/C8H17NO3S/c1-5(2)13-4-3-6(9)7(10)8(11)12/h5-7,10H,3-4,9H2,1-2H3,(H,11,12)/t6-,7?/m1/s1. The summed E-state index contributed by atoms with van der Waals surface area (Å²) in [5.41, 5.74) is 5.46. The Bertz CT molecular complexity index is 163. The molecule has 0 amide bonds. The molecule has 4 N–H and O–H groups in total. The Labute approximate surface area is 82.5 Å². The van der Waals surface area contributed by atoms with Gasteiger partial charge in [-0.15, -0.1) is 0 Å². The number of hydrogen-bond acceptors (Lipinski definition) is 4. The number of thioether (sulfide) groups is 1. The van der Waals surface area contributed by atoms with Crippen molar-refractivity contribution in [3.05, 3.63) is 0 Å². The number of aliphatic hydroxyl groups is 1. The van der Waals surface area contributed by atoms with E-state index in [1.165, 1.54) is 0 Å². The largest absolute Gasteiger partial charge is 0.479 e. The van der Waals surface area contributed by atoms with Gasteiger partial charge in [0.15, 0.2) is 6.10 Å². The summed E-state index contributed by atoms with van der Waals surface area (Å²) in [5.74, 6) is -0.467. The van der Waals surface area contributed by atoms with Gasteiger partial charge in [0.1, 0.15) is 0 Å². The molecule has 2 atom stereocenters. The first-order chi connectivity index (χ1) is 5.95. The Morgan fingerprint density at radius 3 is 2.46 bits per heavy atom. The topological polar surface area (TPSA) is 83.5 Å². The van der Waals surface area contributed by atoms with Crippen LogP contribution in [-0.4, -0.2) is 39.3 Å². The van der Waals surface area contributed by atoms with Gasteiger partial charge in [0, 0.05) is 6.04 Å². The molecule has 0 aliphatic carbocycles. The van der Waals surface area contributed by atoms with Crippen LogP contribution in [0.5, 0.6) is 0 Å². The lowest BCUT2D eigenvalue weighted by atomic mass is 10.1. The minimum Gasteiger partial charge on any atom is -0.479 e. The van der Waals surface area contributed by atoms with Gasteiger partial charge < -0.3 is 15.9 Å². The SMILES string of the molecule is CC(C)SCC[C@@H](N)C(O)C(=O)O. The summed E-state index contributed by atoms with van der Waals surface area (Å²) < 4.78 is 0. The van der Waals surface area contributed by atoms with E-state index in [0.29, 0.717) is 11.7 Å². The van der Waals surface area contributed by atoms with Crippen molar-refractivity contribution in [2.45, 2.75) is 37.7 Å². The highest BCUT2D eigenvalue weighted by molar-refractivity contribution is 7.99. The Morgan fingerprint density at radius 1 is 1.54 bits per heavy atom. The summed E-state index contributed by atoms with van der Waals surface area (Å²) >= 11 is 1.70. The van der Waals surface area contributed by atoms with E-state index in [9.17, 15) is 4.79 Å². The molecule has 0 aromatic carbocycles. The number of carboxylic acid groups (broad SMARTS) is 1. The molecular weight excluding hydrogens is 190 g/mol. The Balaban J connectivity index is 3.61. The highest BCUT2D eigenvalue weighted by Gasteiger charge is 2.21. The number of hydrogen-bond donors (Lipinski definition) is 3. The van der Waals surface area contributed by atoms with Gasteiger partial charge in [-0.25, -0.2) is 4.79 Å². The zero-order chi connectivity index (χ0) is 10.4. The predicted octanol–water partition coefficient (Wildman–Crippen LogP) is 0.291. The van der Waals surface area contributed by atoms with E-state index >= 15 is 0 Å². The van der Waals surface area contributed by atoms with E-state index in [4.69, 9.17) is 15.9 Å². The zero-order valence-electron chi connectivity index (χ0n) is 7.93. The Kier molecular flexibility index (Phi) is 6.11. The second-order valence-corrected chi connectivity index (χ2v) is 4.84. The number of aliphatic carboxylic acids is 1. The normalized spacial score (nSPS) is 15.8. The van der Waals surface area contributed by atoms with Gasteiger partial charge in [0.25, 0.3) is 0 Å². The number of aliphatic hydroxyl groups excluding tert-OH is 1. The number of carboxylic acids is 1. The monoisotopic (exact) mass is 207 g/mol. The lowest BCUT2D eigenvalue weighted by Crippen LogP contribution is -2.40. The van der Waals surface area contributed by atoms with Crippen molar-refractivity contribution in [2.24, 2.45) is 5.73 Å². The number of carbonyl (C=O) groups is 1. The van der Waals surface area contributed by atoms with Gasteiger partial charge in [-0.2, -0.15) is 11.8 Å². The van der Waals surface area contributed by atoms with Crippen molar-refractivity contribution < 1.29 is 15.0 Å². The van der Waals surface area contributed by atoms with Crippen LogP contribution in [-0.2, 0) is 4.79 Å². The number of nitrogens with two attached hydrogens (primary N) is 1. The molecule has 0 heterocycles. The maximum atomic E-state index is 10.3. The van der Waals surface area contributed by atoms with Crippen molar-refractivity contribution in [2.75, 3.05) is 5.75 Å². The quantitative estimate of drug-likeness (QED) is 0.583. The van der Waals surface area contributed by atoms with Crippen LogP contribution in [0.1, 0.15) is 20.3 Å². The average Bonchev–Trinajstić information content (AvgIpc) is 2.02. The van der Waals surface area contributed by atoms with Crippen LogP contribution in [0, 0.1) is 0 Å². The molecular formula is C8H17NO3S. The van der Waals surface area contributed by atoms with Crippen molar-refractivity contribution in [3.8, 4) is 0 Å². The van der Waals surface area contributed by atoms with Crippen LogP contribution in [0.3, 0.4) is 0 Å². The van der Waals surface area contributed by atoms with Gasteiger partial charge in [-0.05, 0) is 17.4 Å². The third-order valence-electron chi connectivity index (χ3n) is 1.56. The molecule has 1 unspecified atom stereocenters. The van der Waals surface area contributed by atoms with Gasteiger partial charge in [0.05, 0.1) is 0 Å². The summed E-state index contributed by atoms with van der Waals surface area (Å²) in [7, 11) is 0. The van der Waals surface area contributed by atoms with Crippen LogP contribution in [0.15, 0.2) is 0 Å². The second kappa shape index (κ2) is 6.23. The highest BCUT2D eigenvalue weighted by atomic mass is 32.2. The molecule has 0 aliphatic rings. The Hall–Kier alpha value is -0.260. The first kappa shape index (κ1) is 12.7. The fraction of sp³-hybridized carbons (Fsp3) is 0.875. The van der Waals surface area contributed by atoms with E-state index < -0.39 is 18.1 Å². The lowest BCUT2D eigenvalue weighted by molar-refractivity contribution is -0.147. The van der Waals surface area contributed by atoms with E-state index in [0.717, 1.165) is 5.75 Å². The summed E-state index contributed by atoms with van der Waals surface area (Å²) in [6, 6.07) is -0.663. The molecule has 13 heavy (non-hydrogen) atoms. The zero-order valence-corrected chi connectivity index (χ0v) is 8.75. The van der Waals surface area contributed by atoms with Crippen LogP contribution in [0.2, 0.25) is 0 Å². The molecule has 78 valence electrons. The van der Waals surface area contributed by atoms with Gasteiger partial charge in [0.2, 0.25) is 0 Å². The third kappa shape index (κ3) is 5.90. The van der Waals surface area contributed by atoms with Crippen molar-refractivity contribution in [1.82, 2.24) is 0 Å². The first-order valence-corrected chi connectivity index (χ1v) is 5.28. The second-order valence-electron chi connectivity index (χ2n) is 3.16. The van der Waals surface area contributed by atoms with Crippen LogP contribution < -0.4 is 5.73 Å². The maximum absolute atomic E-state index is 10.3. The molecule has 0 aromatic heterocycles. The summed E-state index contributed by atoms with van der Waals surface area (Å²) in [6.45, 7) is 4.12. The molecule has 0 radical (unpaired) electrons. The first-order valence-electron chi connectivity index (χ1n) is 4.23. The molecule has 0 aromatic rings. The average molecular weight is 207 g/mol. The van der Waals surface area contributed by atoms with Crippen LogP contribution >= 0.6 is 11.8 Å². The van der Waals surface area contributed by atoms with E-state index in [1.807, 2.05) is 0 Å². The van der Waals surface area contributed by atoms with Crippen molar-refractivity contribution in [3.63, 3.8) is 0 Å². The summed E-state index contributed by atoms with van der Waals surface area (Å²) in [5, 5.41) is 18.0. The van der Waals surface area contributed by atoms with Crippen molar-refractivity contribution in [1.29, 1.82) is 0 Å². The minimum absolute atomic E-state index is 0.508. The molecule has 0 spiro atoms. The smallest absolute Gasteiger partial charge is 0.334 e.